The zero-order chi connectivity index (χ0) is 14.4. The average molecular weight is 266 g/mol. The van der Waals surface area contributed by atoms with Crippen molar-refractivity contribution < 1.29 is 9.53 Å². The predicted octanol–water partition coefficient (Wildman–Crippen LogP) is 1.07. The summed E-state index contributed by atoms with van der Waals surface area (Å²) in [5, 5.41) is 4.26. The third-order valence-electron chi connectivity index (χ3n) is 2.88. The third kappa shape index (κ3) is 3.35. The molecule has 0 aliphatic rings. The standard InChI is InChI=1S/C13H22N4O2/c1-5-7-16(8-9-19-4)13(18)12-11(14)10(3)15-17(12)6-2/h5H,1,6-9,14H2,2-4H3. The molecule has 19 heavy (non-hydrogen) atoms. The van der Waals surface area contributed by atoms with E-state index in [0.717, 1.165) is 0 Å². The highest BCUT2D eigenvalue weighted by molar-refractivity contribution is 5.98. The molecule has 106 valence electrons. The number of ether oxygens (including phenoxy) is 1. The number of rotatable bonds is 7. The number of carbonyl (C=O) groups is 1. The Balaban J connectivity index is 3.04. The van der Waals surface area contributed by atoms with E-state index < -0.39 is 0 Å². The van der Waals surface area contributed by atoms with Gasteiger partial charge in [0, 0.05) is 26.7 Å². The first-order valence-corrected chi connectivity index (χ1v) is 6.28. The van der Waals surface area contributed by atoms with Crippen molar-refractivity contribution in [3.05, 3.63) is 24.0 Å². The molecular weight excluding hydrogens is 244 g/mol. The van der Waals surface area contributed by atoms with Crippen LogP contribution in [0.1, 0.15) is 23.1 Å². The van der Waals surface area contributed by atoms with Crippen molar-refractivity contribution in [2.45, 2.75) is 20.4 Å². The lowest BCUT2D eigenvalue weighted by Gasteiger charge is -2.21. The van der Waals surface area contributed by atoms with Crippen molar-refractivity contribution >= 4 is 11.6 Å². The third-order valence-corrected chi connectivity index (χ3v) is 2.88. The van der Waals surface area contributed by atoms with Crippen LogP contribution in [0.4, 0.5) is 5.69 Å². The van der Waals surface area contributed by atoms with Gasteiger partial charge in [-0.2, -0.15) is 5.10 Å². The van der Waals surface area contributed by atoms with E-state index in [-0.39, 0.29) is 5.91 Å². The van der Waals surface area contributed by atoms with Crippen LogP contribution in [0.3, 0.4) is 0 Å². The molecule has 0 spiro atoms. The molecular formula is C13H22N4O2. The maximum absolute atomic E-state index is 12.5. The lowest BCUT2D eigenvalue weighted by molar-refractivity contribution is 0.0707. The molecule has 0 atom stereocenters. The minimum absolute atomic E-state index is 0.142. The number of nitrogens with two attached hydrogens (primary N) is 1. The highest BCUT2D eigenvalue weighted by Gasteiger charge is 2.23. The van der Waals surface area contributed by atoms with Crippen LogP contribution in [-0.4, -0.2) is 47.4 Å². The van der Waals surface area contributed by atoms with E-state index in [2.05, 4.69) is 11.7 Å². The van der Waals surface area contributed by atoms with Gasteiger partial charge in [-0.1, -0.05) is 6.08 Å². The monoisotopic (exact) mass is 266 g/mol. The van der Waals surface area contributed by atoms with Gasteiger partial charge in [-0.15, -0.1) is 6.58 Å². The van der Waals surface area contributed by atoms with Gasteiger partial charge >= 0.3 is 0 Å². The number of aromatic nitrogens is 2. The van der Waals surface area contributed by atoms with E-state index in [9.17, 15) is 4.79 Å². The normalized spacial score (nSPS) is 10.5. The van der Waals surface area contributed by atoms with Crippen molar-refractivity contribution in [3.63, 3.8) is 0 Å². The number of hydrogen-bond acceptors (Lipinski definition) is 4. The average Bonchev–Trinajstić information content (AvgIpc) is 2.69. The topological polar surface area (TPSA) is 73.4 Å². The number of nitrogens with zero attached hydrogens (tertiary/aromatic N) is 3. The Morgan fingerprint density at radius 2 is 2.32 bits per heavy atom. The van der Waals surface area contributed by atoms with E-state index in [1.165, 1.54) is 0 Å². The first-order chi connectivity index (χ1) is 9.06. The van der Waals surface area contributed by atoms with Gasteiger partial charge in [0.05, 0.1) is 18.0 Å². The second-order valence-electron chi connectivity index (χ2n) is 4.20. The highest BCUT2D eigenvalue weighted by atomic mass is 16.5. The zero-order valence-electron chi connectivity index (χ0n) is 11.8. The van der Waals surface area contributed by atoms with Crippen molar-refractivity contribution in [1.82, 2.24) is 14.7 Å². The summed E-state index contributed by atoms with van der Waals surface area (Å²) in [6.07, 6.45) is 1.68. The number of anilines is 1. The zero-order valence-corrected chi connectivity index (χ0v) is 11.8. The molecule has 1 aromatic heterocycles. The van der Waals surface area contributed by atoms with Gasteiger partial charge in [-0.25, -0.2) is 0 Å². The Morgan fingerprint density at radius 3 is 2.84 bits per heavy atom. The van der Waals surface area contributed by atoms with E-state index in [1.807, 2.05) is 6.92 Å². The van der Waals surface area contributed by atoms with Crippen LogP contribution in [0.15, 0.2) is 12.7 Å². The molecule has 6 nitrogen and oxygen atoms in total. The molecule has 1 heterocycles. The lowest BCUT2D eigenvalue weighted by atomic mass is 10.2. The second kappa shape index (κ2) is 6.94. The number of amides is 1. The molecule has 0 saturated carbocycles. The quantitative estimate of drug-likeness (QED) is 0.749. The van der Waals surface area contributed by atoms with Gasteiger partial charge in [-0.3, -0.25) is 9.48 Å². The van der Waals surface area contributed by atoms with Gasteiger partial charge in [0.15, 0.2) is 0 Å². The minimum atomic E-state index is -0.142. The number of methoxy groups -OCH3 is 1. The summed E-state index contributed by atoms with van der Waals surface area (Å²) in [6, 6.07) is 0. The van der Waals surface area contributed by atoms with Crippen LogP contribution < -0.4 is 5.73 Å². The van der Waals surface area contributed by atoms with Crippen molar-refractivity contribution in [2.75, 3.05) is 32.5 Å². The molecule has 1 amide bonds. The lowest BCUT2D eigenvalue weighted by Crippen LogP contribution is -2.35. The van der Waals surface area contributed by atoms with Crippen LogP contribution in [0.25, 0.3) is 0 Å². The van der Waals surface area contributed by atoms with Gasteiger partial charge in [-0.05, 0) is 13.8 Å². The van der Waals surface area contributed by atoms with Crippen molar-refractivity contribution in [1.29, 1.82) is 0 Å². The highest BCUT2D eigenvalue weighted by Crippen LogP contribution is 2.18. The summed E-state index contributed by atoms with van der Waals surface area (Å²) in [6.45, 7) is 9.41. The molecule has 6 heteroatoms. The van der Waals surface area contributed by atoms with Crippen LogP contribution in [0, 0.1) is 6.92 Å². The Bertz CT molecular complexity index is 454. The summed E-state index contributed by atoms with van der Waals surface area (Å²) in [5.41, 5.74) is 7.52. The fourth-order valence-electron chi connectivity index (χ4n) is 1.83. The van der Waals surface area contributed by atoms with E-state index in [0.29, 0.717) is 43.3 Å². The summed E-state index contributed by atoms with van der Waals surface area (Å²) < 4.78 is 6.65. The van der Waals surface area contributed by atoms with Crippen molar-refractivity contribution in [3.8, 4) is 0 Å². The maximum Gasteiger partial charge on any atom is 0.274 e. The van der Waals surface area contributed by atoms with Gasteiger partial charge < -0.3 is 15.4 Å². The van der Waals surface area contributed by atoms with Crippen LogP contribution >= 0.6 is 0 Å². The van der Waals surface area contributed by atoms with Crippen LogP contribution in [0.5, 0.6) is 0 Å². The van der Waals surface area contributed by atoms with Crippen LogP contribution in [0.2, 0.25) is 0 Å². The van der Waals surface area contributed by atoms with E-state index in [1.54, 1.807) is 29.7 Å². The molecule has 0 saturated heterocycles. The SMILES string of the molecule is C=CCN(CCOC)C(=O)c1c(N)c(C)nn1CC. The number of carbonyl (C=O) groups excluding carboxylic acids is 1. The number of nitrogen functional groups attached to an aromatic ring is 1. The molecule has 0 unspecified atom stereocenters. The molecule has 0 fully saturated rings. The Morgan fingerprint density at radius 1 is 1.63 bits per heavy atom. The summed E-state index contributed by atoms with van der Waals surface area (Å²) in [7, 11) is 1.60. The second-order valence-corrected chi connectivity index (χ2v) is 4.20. The Kier molecular flexibility index (Phi) is 5.57. The smallest absolute Gasteiger partial charge is 0.274 e. The van der Waals surface area contributed by atoms with E-state index >= 15 is 0 Å². The molecule has 1 aromatic rings. The largest absolute Gasteiger partial charge is 0.395 e. The molecule has 0 aliphatic heterocycles. The first kappa shape index (κ1) is 15.2. The molecule has 0 aromatic carbocycles. The van der Waals surface area contributed by atoms with E-state index in [4.69, 9.17) is 10.5 Å². The first-order valence-electron chi connectivity index (χ1n) is 6.28. The number of aryl methyl sites for hydroxylation is 2. The molecule has 0 bridgehead atoms. The van der Waals surface area contributed by atoms with Gasteiger partial charge in [0.2, 0.25) is 0 Å². The van der Waals surface area contributed by atoms with Gasteiger partial charge in [0.25, 0.3) is 5.91 Å². The van der Waals surface area contributed by atoms with Gasteiger partial charge in [0.1, 0.15) is 5.69 Å². The van der Waals surface area contributed by atoms with Crippen LogP contribution in [-0.2, 0) is 11.3 Å². The minimum Gasteiger partial charge on any atom is -0.395 e. The summed E-state index contributed by atoms with van der Waals surface area (Å²) >= 11 is 0. The molecule has 2 N–H and O–H groups in total. The fraction of sp³-hybridized carbons (Fsp3) is 0.538. The Labute approximate surface area is 113 Å². The predicted molar refractivity (Wildman–Crippen MR) is 75.0 cm³/mol. The fourth-order valence-corrected chi connectivity index (χ4v) is 1.83. The number of hydrogen-bond donors (Lipinski definition) is 1. The summed E-state index contributed by atoms with van der Waals surface area (Å²) in [4.78, 5) is 14.2. The Hall–Kier alpha value is -1.82. The molecule has 1 rings (SSSR count). The maximum atomic E-state index is 12.5. The summed E-state index contributed by atoms with van der Waals surface area (Å²) in [5.74, 6) is -0.142. The van der Waals surface area contributed by atoms with Crippen molar-refractivity contribution in [2.24, 2.45) is 0 Å². The molecule has 0 aliphatic carbocycles. The molecule has 0 radical (unpaired) electrons.